The molecule has 1 aromatic heterocycles. The molecule has 3 unspecified atom stereocenters. The van der Waals surface area contributed by atoms with Crippen LogP contribution in [-0.4, -0.2) is 65.6 Å². The van der Waals surface area contributed by atoms with Gasteiger partial charge in [0.1, 0.15) is 5.82 Å². The molecule has 9 nitrogen and oxygen atoms in total. The number of barbiturate groups is 1. The number of imide groups is 2. The summed E-state index contributed by atoms with van der Waals surface area (Å²) >= 11 is 0. The molecular weight excluding hydrogens is 460 g/mol. The lowest BCUT2D eigenvalue weighted by molar-refractivity contribution is -0.161. The molecule has 0 radical (unpaired) electrons. The van der Waals surface area contributed by atoms with Gasteiger partial charge in [-0.1, -0.05) is 20.8 Å². The zero-order valence-electron chi connectivity index (χ0n) is 21.3. The summed E-state index contributed by atoms with van der Waals surface area (Å²) < 4.78 is 11.2. The maximum absolute atomic E-state index is 14.1. The van der Waals surface area contributed by atoms with Crippen LogP contribution in [0.2, 0.25) is 0 Å². The van der Waals surface area contributed by atoms with Gasteiger partial charge in [0, 0.05) is 38.0 Å². The van der Waals surface area contributed by atoms with Gasteiger partial charge in [0.25, 0.3) is 0 Å². The van der Waals surface area contributed by atoms with Crippen molar-refractivity contribution in [1.29, 1.82) is 0 Å². The number of aromatic nitrogens is 1. The highest BCUT2D eigenvalue weighted by molar-refractivity contribution is 6.20. The Labute approximate surface area is 209 Å². The lowest BCUT2D eigenvalue weighted by Crippen LogP contribution is -2.72. The Morgan fingerprint density at radius 1 is 0.944 bits per heavy atom. The minimum atomic E-state index is -1.39. The Bertz CT molecular complexity index is 1380. The average Bonchev–Trinajstić information content (AvgIpc) is 3.36. The Morgan fingerprint density at radius 2 is 1.61 bits per heavy atom. The topological polar surface area (TPSA) is 92.3 Å². The molecule has 4 aliphatic heterocycles. The van der Waals surface area contributed by atoms with Gasteiger partial charge in [-0.25, -0.2) is 9.78 Å². The van der Waals surface area contributed by atoms with Gasteiger partial charge in [-0.05, 0) is 47.8 Å². The van der Waals surface area contributed by atoms with Gasteiger partial charge >= 0.3 is 6.03 Å². The molecule has 3 fully saturated rings. The number of fused-ring (bicyclic) bond motifs is 10. The van der Waals surface area contributed by atoms with Crippen molar-refractivity contribution in [3.05, 3.63) is 23.8 Å². The van der Waals surface area contributed by atoms with E-state index in [4.69, 9.17) is 14.5 Å². The molecule has 3 atom stereocenters. The Hall–Kier alpha value is -3.36. The second kappa shape index (κ2) is 6.49. The number of hydrogen-bond acceptors (Lipinski definition) is 7. The standard InChI is InChI=1S/C27H30N4O5/c1-25(2)10-16-11-26(3,12-25)21-27(22(32)29(4)24(34)30(5)23(27)33)9-15-6-14-7-18-19(36-13-35-18)8-17(14)28-20(15)31(16)21/h6-8,16,21H,9-13H2,1-5H3. The maximum atomic E-state index is 14.1. The predicted molar refractivity (Wildman–Crippen MR) is 131 cm³/mol. The van der Waals surface area contributed by atoms with E-state index in [-0.39, 0.29) is 36.1 Å². The van der Waals surface area contributed by atoms with E-state index >= 15 is 0 Å². The van der Waals surface area contributed by atoms with Crippen LogP contribution in [-0.2, 0) is 16.0 Å². The Balaban J connectivity index is 1.51. The monoisotopic (exact) mass is 490 g/mol. The zero-order valence-corrected chi connectivity index (χ0v) is 21.3. The molecule has 2 aromatic rings. The number of hydrogen-bond donors (Lipinski definition) is 0. The van der Waals surface area contributed by atoms with Crippen molar-refractivity contribution in [2.75, 3.05) is 25.8 Å². The fourth-order valence-corrected chi connectivity index (χ4v) is 8.39. The van der Waals surface area contributed by atoms with Gasteiger partial charge in [0.2, 0.25) is 18.6 Å². The van der Waals surface area contributed by atoms with E-state index in [0.29, 0.717) is 11.5 Å². The predicted octanol–water partition coefficient (Wildman–Crippen LogP) is 3.33. The third-order valence-corrected chi connectivity index (χ3v) is 9.20. The van der Waals surface area contributed by atoms with Crippen molar-refractivity contribution in [3.63, 3.8) is 0 Å². The summed E-state index contributed by atoms with van der Waals surface area (Å²) in [6, 6.07) is 5.02. The van der Waals surface area contributed by atoms with Crippen molar-refractivity contribution < 1.29 is 23.9 Å². The molecular formula is C27H30N4O5. The number of carbonyl (C=O) groups is 3. The first kappa shape index (κ1) is 21.9. The van der Waals surface area contributed by atoms with Crippen LogP contribution in [0.3, 0.4) is 0 Å². The van der Waals surface area contributed by atoms with Crippen LogP contribution in [0.25, 0.3) is 10.9 Å². The Morgan fingerprint density at radius 3 is 2.31 bits per heavy atom. The van der Waals surface area contributed by atoms with E-state index in [9.17, 15) is 14.4 Å². The van der Waals surface area contributed by atoms with Gasteiger partial charge < -0.3 is 14.4 Å². The number of rotatable bonds is 0. The first-order chi connectivity index (χ1) is 16.9. The van der Waals surface area contributed by atoms with Crippen LogP contribution < -0.4 is 14.4 Å². The van der Waals surface area contributed by atoms with Crippen LogP contribution in [0.15, 0.2) is 18.2 Å². The molecule has 1 aromatic carbocycles. The van der Waals surface area contributed by atoms with Crippen LogP contribution in [0.4, 0.5) is 10.6 Å². The number of urea groups is 1. The fourth-order valence-electron chi connectivity index (χ4n) is 8.39. The minimum absolute atomic E-state index is 0.0492. The average molecular weight is 491 g/mol. The first-order valence-corrected chi connectivity index (χ1v) is 12.6. The molecule has 36 heavy (non-hydrogen) atoms. The number of nitrogens with zero attached hydrogens (tertiary/aromatic N) is 4. The molecule has 1 aliphatic carbocycles. The number of benzene rings is 1. The van der Waals surface area contributed by atoms with E-state index < -0.39 is 23.3 Å². The molecule has 7 rings (SSSR count). The summed E-state index contributed by atoms with van der Waals surface area (Å²) in [6.45, 7) is 6.93. The fraction of sp³-hybridized carbons (Fsp3) is 0.556. The Kier molecular flexibility index (Phi) is 3.95. The second-order valence-electron chi connectivity index (χ2n) is 12.4. The largest absolute Gasteiger partial charge is 0.454 e. The van der Waals surface area contributed by atoms with Crippen molar-refractivity contribution in [2.24, 2.45) is 16.2 Å². The molecule has 5 heterocycles. The molecule has 0 N–H and O–H groups in total. The van der Waals surface area contributed by atoms with Gasteiger partial charge in [-0.2, -0.15) is 0 Å². The molecule has 188 valence electrons. The van der Waals surface area contributed by atoms with Gasteiger partial charge in [0.15, 0.2) is 16.9 Å². The molecule has 1 spiro atoms. The van der Waals surface area contributed by atoms with E-state index in [1.807, 2.05) is 18.2 Å². The van der Waals surface area contributed by atoms with Crippen molar-refractivity contribution in [2.45, 2.75) is 58.5 Å². The third kappa shape index (κ3) is 2.51. The van der Waals surface area contributed by atoms with Gasteiger partial charge in [-0.15, -0.1) is 0 Å². The van der Waals surface area contributed by atoms with E-state index in [1.54, 1.807) is 0 Å². The molecule has 4 amide bonds. The van der Waals surface area contributed by atoms with Crippen LogP contribution in [0.1, 0.15) is 45.6 Å². The lowest BCUT2D eigenvalue weighted by atomic mass is 9.56. The molecule has 2 bridgehead atoms. The number of carbonyl (C=O) groups excluding carboxylic acids is 3. The molecule has 2 saturated heterocycles. The first-order valence-electron chi connectivity index (χ1n) is 12.6. The molecule has 1 saturated carbocycles. The number of anilines is 1. The highest BCUT2D eigenvalue weighted by atomic mass is 16.7. The van der Waals surface area contributed by atoms with E-state index in [1.165, 1.54) is 14.1 Å². The van der Waals surface area contributed by atoms with E-state index in [0.717, 1.165) is 51.3 Å². The minimum Gasteiger partial charge on any atom is -0.454 e. The number of amides is 4. The molecule has 5 aliphatic rings. The summed E-state index contributed by atoms with van der Waals surface area (Å²) in [5, 5.41) is 0.869. The van der Waals surface area contributed by atoms with Crippen molar-refractivity contribution >= 4 is 34.6 Å². The number of pyridine rings is 1. The molecule has 9 heteroatoms. The van der Waals surface area contributed by atoms with Gasteiger partial charge in [0.05, 0.1) is 11.6 Å². The van der Waals surface area contributed by atoms with Crippen LogP contribution in [0.5, 0.6) is 11.5 Å². The van der Waals surface area contributed by atoms with Crippen LogP contribution >= 0.6 is 0 Å². The third-order valence-electron chi connectivity index (χ3n) is 9.20. The highest BCUT2D eigenvalue weighted by Crippen LogP contribution is 2.64. The zero-order chi connectivity index (χ0) is 25.4. The smallest absolute Gasteiger partial charge is 0.332 e. The number of ether oxygens (including phenoxy) is 2. The normalized spacial score (nSPS) is 31.4. The maximum Gasteiger partial charge on any atom is 0.332 e. The summed E-state index contributed by atoms with van der Waals surface area (Å²) in [6.07, 6.45) is 2.93. The lowest BCUT2D eigenvalue weighted by Gasteiger charge is -2.54. The summed E-state index contributed by atoms with van der Waals surface area (Å²) in [5.74, 6) is 1.36. The summed E-state index contributed by atoms with van der Waals surface area (Å²) in [7, 11) is 2.98. The second-order valence-corrected chi connectivity index (χ2v) is 12.4. The van der Waals surface area contributed by atoms with Gasteiger partial charge in [-0.3, -0.25) is 19.4 Å². The summed E-state index contributed by atoms with van der Waals surface area (Å²) in [4.78, 5) is 50.6. The SMILES string of the molecule is CN1C(=O)N(C)C(=O)C2(Cc3cc4cc5c(cc4nc3N3C4CC(C)(C)CC(C)(C4)C32)OCO5)C1=O. The van der Waals surface area contributed by atoms with Crippen molar-refractivity contribution in [3.8, 4) is 11.5 Å². The van der Waals surface area contributed by atoms with Crippen molar-refractivity contribution in [1.82, 2.24) is 14.8 Å². The van der Waals surface area contributed by atoms with E-state index in [2.05, 4.69) is 25.7 Å². The highest BCUT2D eigenvalue weighted by Gasteiger charge is 2.72. The quantitative estimate of drug-likeness (QED) is 0.523. The summed E-state index contributed by atoms with van der Waals surface area (Å²) in [5.41, 5.74) is 0.0186. The van der Waals surface area contributed by atoms with Crippen LogP contribution in [0, 0.1) is 16.2 Å².